The Balaban J connectivity index is 1.06. The molecule has 306 valence electrons. The van der Waals surface area contributed by atoms with Gasteiger partial charge in [-0.1, -0.05) is 179 Å². The topological polar surface area (TPSA) is 51.8 Å². The molecule has 0 unspecified atom stereocenters. The van der Waals surface area contributed by atoms with Gasteiger partial charge in [-0.25, -0.2) is 15.0 Å². The maximum atomic E-state index is 6.92. The summed E-state index contributed by atoms with van der Waals surface area (Å²) in [7, 11) is 0. The van der Waals surface area contributed by atoms with Crippen LogP contribution < -0.4 is 0 Å². The summed E-state index contributed by atoms with van der Waals surface area (Å²) in [4.78, 5) is 16.4. The molecule has 10 aromatic carbocycles. The van der Waals surface area contributed by atoms with Crippen molar-refractivity contribution < 1.29 is 4.42 Å². The minimum absolute atomic E-state index is 0.184. The number of nitrogens with zero attached hydrogens (tertiary/aromatic N) is 3. The predicted molar refractivity (Wildman–Crippen MR) is 269 cm³/mol. The summed E-state index contributed by atoms with van der Waals surface area (Å²) < 4.78 is 6.92. The SMILES string of the molecule is CC1(C)c2ccccc2-c2ccc(-c3nc(-c4ccc5ccc6ccc7c8ccccc8ccc7c6c5c4)nc(-c4cc5c(c6oc7ccccc7c46)-c4ccccc4C5(C)C)n3)cc21. The zero-order chi connectivity index (χ0) is 43.3. The van der Waals surface area contributed by atoms with E-state index in [4.69, 9.17) is 19.4 Å². The van der Waals surface area contributed by atoms with Crippen LogP contribution >= 0.6 is 0 Å². The van der Waals surface area contributed by atoms with E-state index in [-0.39, 0.29) is 10.8 Å². The molecule has 0 amide bonds. The summed E-state index contributed by atoms with van der Waals surface area (Å²) in [6.45, 7) is 9.28. The van der Waals surface area contributed by atoms with Crippen molar-refractivity contribution in [3.8, 4) is 56.4 Å². The van der Waals surface area contributed by atoms with Crippen LogP contribution in [-0.4, -0.2) is 15.0 Å². The first-order valence-corrected chi connectivity index (χ1v) is 22.6. The van der Waals surface area contributed by atoms with Crippen molar-refractivity contribution in [3.05, 3.63) is 198 Å². The highest BCUT2D eigenvalue weighted by atomic mass is 16.3. The van der Waals surface area contributed by atoms with Gasteiger partial charge in [0, 0.05) is 43.9 Å². The molecular formula is C61H41N3O. The molecule has 0 saturated heterocycles. The van der Waals surface area contributed by atoms with Crippen molar-refractivity contribution in [1.29, 1.82) is 0 Å². The molecule has 0 fully saturated rings. The first-order valence-electron chi connectivity index (χ1n) is 22.6. The molecule has 14 rings (SSSR count). The van der Waals surface area contributed by atoms with E-state index < -0.39 is 0 Å². The van der Waals surface area contributed by atoms with Gasteiger partial charge in [-0.3, -0.25) is 0 Å². The van der Waals surface area contributed by atoms with Crippen LogP contribution in [0.5, 0.6) is 0 Å². The lowest BCUT2D eigenvalue weighted by atomic mass is 9.81. The fraction of sp³-hybridized carbons (Fsp3) is 0.0984. The fourth-order valence-corrected chi connectivity index (χ4v) is 11.6. The maximum absolute atomic E-state index is 6.92. The number of aromatic nitrogens is 3. The van der Waals surface area contributed by atoms with Gasteiger partial charge in [-0.05, 0) is 106 Å². The van der Waals surface area contributed by atoms with Crippen molar-refractivity contribution in [2.45, 2.75) is 38.5 Å². The van der Waals surface area contributed by atoms with Gasteiger partial charge >= 0.3 is 0 Å². The minimum Gasteiger partial charge on any atom is -0.455 e. The average Bonchev–Trinajstić information content (AvgIpc) is 3.93. The first kappa shape index (κ1) is 36.5. The van der Waals surface area contributed by atoms with Crippen LogP contribution in [0.1, 0.15) is 49.9 Å². The first-order chi connectivity index (χ1) is 31.7. The summed E-state index contributed by atoms with van der Waals surface area (Å²) in [5, 5.41) is 11.8. The maximum Gasteiger partial charge on any atom is 0.164 e. The molecule has 2 aliphatic rings. The summed E-state index contributed by atoms with van der Waals surface area (Å²) in [5.74, 6) is 1.88. The normalized spacial score (nSPS) is 14.4. The average molecular weight is 832 g/mol. The Labute approximate surface area is 375 Å². The molecular weight excluding hydrogens is 791 g/mol. The van der Waals surface area contributed by atoms with Crippen LogP contribution in [0.3, 0.4) is 0 Å². The van der Waals surface area contributed by atoms with E-state index in [1.807, 2.05) is 6.07 Å². The second-order valence-corrected chi connectivity index (χ2v) is 19.1. The summed E-state index contributed by atoms with van der Waals surface area (Å²) in [6, 6.07) is 63.9. The third kappa shape index (κ3) is 5.00. The van der Waals surface area contributed by atoms with E-state index in [9.17, 15) is 0 Å². The Morgan fingerprint density at radius 1 is 0.354 bits per heavy atom. The van der Waals surface area contributed by atoms with Crippen molar-refractivity contribution >= 4 is 65.0 Å². The Morgan fingerprint density at radius 2 is 0.923 bits per heavy atom. The highest BCUT2D eigenvalue weighted by Crippen LogP contribution is 2.55. The Hall–Kier alpha value is -7.95. The zero-order valence-electron chi connectivity index (χ0n) is 36.5. The summed E-state index contributed by atoms with van der Waals surface area (Å²) >= 11 is 0. The molecule has 4 nitrogen and oxygen atoms in total. The Kier molecular flexibility index (Phi) is 7.21. The van der Waals surface area contributed by atoms with Gasteiger partial charge < -0.3 is 4.42 Å². The number of para-hydroxylation sites is 1. The molecule has 2 aromatic heterocycles. The van der Waals surface area contributed by atoms with Crippen LogP contribution in [0.25, 0.3) is 121 Å². The monoisotopic (exact) mass is 831 g/mol. The largest absolute Gasteiger partial charge is 0.455 e. The zero-order valence-corrected chi connectivity index (χ0v) is 36.5. The molecule has 0 atom stereocenters. The molecule has 12 aromatic rings. The van der Waals surface area contributed by atoms with Crippen LogP contribution in [0, 0.1) is 0 Å². The third-order valence-corrected chi connectivity index (χ3v) is 14.9. The van der Waals surface area contributed by atoms with E-state index >= 15 is 0 Å². The second-order valence-electron chi connectivity index (χ2n) is 19.1. The van der Waals surface area contributed by atoms with Crippen molar-refractivity contribution in [2.24, 2.45) is 0 Å². The van der Waals surface area contributed by atoms with E-state index in [1.54, 1.807) is 0 Å². The Morgan fingerprint density at radius 3 is 1.77 bits per heavy atom. The van der Waals surface area contributed by atoms with Crippen LogP contribution in [-0.2, 0) is 10.8 Å². The lowest BCUT2D eigenvalue weighted by Gasteiger charge is -2.22. The molecule has 0 spiro atoms. The summed E-state index contributed by atoms with van der Waals surface area (Å²) in [6.07, 6.45) is 0. The molecule has 65 heavy (non-hydrogen) atoms. The van der Waals surface area contributed by atoms with E-state index in [2.05, 4.69) is 198 Å². The fourth-order valence-electron chi connectivity index (χ4n) is 11.6. The van der Waals surface area contributed by atoms with E-state index in [1.165, 1.54) is 82.0 Å². The lowest BCUT2D eigenvalue weighted by Crippen LogP contribution is -2.15. The van der Waals surface area contributed by atoms with Crippen LogP contribution in [0.4, 0.5) is 0 Å². The van der Waals surface area contributed by atoms with Gasteiger partial charge in [-0.15, -0.1) is 0 Å². The molecule has 2 aliphatic carbocycles. The minimum atomic E-state index is -0.277. The lowest BCUT2D eigenvalue weighted by molar-refractivity contribution is 0.653. The quantitative estimate of drug-likeness (QED) is 0.166. The summed E-state index contributed by atoms with van der Waals surface area (Å²) in [5.41, 5.74) is 14.1. The van der Waals surface area contributed by atoms with E-state index in [0.717, 1.165) is 44.2 Å². The highest BCUT2D eigenvalue weighted by molar-refractivity contribution is 6.25. The van der Waals surface area contributed by atoms with Crippen molar-refractivity contribution in [2.75, 3.05) is 0 Å². The van der Waals surface area contributed by atoms with Gasteiger partial charge in [0.15, 0.2) is 17.5 Å². The number of benzene rings is 10. The van der Waals surface area contributed by atoms with Gasteiger partial charge in [0.05, 0.1) is 0 Å². The number of rotatable bonds is 3. The van der Waals surface area contributed by atoms with Gasteiger partial charge in [-0.2, -0.15) is 0 Å². The van der Waals surface area contributed by atoms with Crippen molar-refractivity contribution in [1.82, 2.24) is 15.0 Å². The highest BCUT2D eigenvalue weighted by Gasteiger charge is 2.39. The predicted octanol–water partition coefficient (Wildman–Crippen LogP) is 16.0. The number of furan rings is 1. The van der Waals surface area contributed by atoms with Crippen molar-refractivity contribution in [3.63, 3.8) is 0 Å². The molecule has 0 aliphatic heterocycles. The van der Waals surface area contributed by atoms with E-state index in [0.29, 0.717) is 17.5 Å². The smallest absolute Gasteiger partial charge is 0.164 e. The number of hydrogen-bond acceptors (Lipinski definition) is 4. The molecule has 4 heteroatoms. The molecule has 0 saturated carbocycles. The standard InChI is InChI=1S/C61H41N3O/c1-60(2)48-18-10-7-15-41(48)42-29-27-38(32-50(42)60)58-62-57(37-24-22-35-21-23-36-26-28-40-39-14-6-5-13-34(39)25-30-43(40)53(36)46(35)31-37)63-59(64-58)47-33-51-55(44-16-8-11-19-49(44)61(51,3)4)56-54(47)45-17-9-12-20-52(45)65-56/h5-33H,1-4H3. The van der Waals surface area contributed by atoms with Gasteiger partial charge in [0.25, 0.3) is 0 Å². The van der Waals surface area contributed by atoms with Gasteiger partial charge in [0.2, 0.25) is 0 Å². The molecule has 2 heterocycles. The molecule has 0 radical (unpaired) electrons. The van der Waals surface area contributed by atoms with Crippen LogP contribution in [0.2, 0.25) is 0 Å². The van der Waals surface area contributed by atoms with Gasteiger partial charge in [0.1, 0.15) is 11.2 Å². The number of fused-ring (bicyclic) bond motifs is 17. The molecule has 0 N–H and O–H groups in total. The van der Waals surface area contributed by atoms with Crippen LogP contribution in [0.15, 0.2) is 180 Å². The second kappa shape index (κ2) is 12.8. The number of hydrogen-bond donors (Lipinski definition) is 0. The Bertz CT molecular complexity index is 4080. The molecule has 0 bridgehead atoms. The third-order valence-electron chi connectivity index (χ3n) is 14.9.